The minimum absolute atomic E-state index is 0.663. The fourth-order valence-electron chi connectivity index (χ4n) is 3.03. The van der Waals surface area contributed by atoms with Gasteiger partial charge in [0.05, 0.1) is 23.6 Å². The maximum atomic E-state index is 5.58. The van der Waals surface area contributed by atoms with Crippen LogP contribution in [0.1, 0.15) is 0 Å². The first kappa shape index (κ1) is 14.7. The zero-order chi connectivity index (χ0) is 17.3. The van der Waals surface area contributed by atoms with E-state index in [1.54, 1.807) is 12.5 Å². The Morgan fingerprint density at radius 2 is 1.19 bits per heavy atom. The van der Waals surface area contributed by atoms with Crippen LogP contribution in [0.25, 0.3) is 45.1 Å². The Morgan fingerprint density at radius 3 is 1.81 bits per heavy atom. The van der Waals surface area contributed by atoms with Gasteiger partial charge in [-0.05, 0) is 47.5 Å². The van der Waals surface area contributed by atoms with Gasteiger partial charge in [-0.2, -0.15) is 0 Å². The molecular weight excluding hydrogens is 324 g/mol. The molecule has 4 heteroatoms. The van der Waals surface area contributed by atoms with Crippen molar-refractivity contribution in [2.24, 2.45) is 0 Å². The quantitative estimate of drug-likeness (QED) is 0.416. The molecule has 0 N–H and O–H groups in total. The van der Waals surface area contributed by atoms with Gasteiger partial charge in [0, 0.05) is 0 Å². The van der Waals surface area contributed by atoms with E-state index in [0.717, 1.165) is 22.2 Å². The van der Waals surface area contributed by atoms with Gasteiger partial charge in [-0.3, -0.25) is 0 Å². The average Bonchev–Trinajstić information content (AvgIpc) is 3.41. The van der Waals surface area contributed by atoms with Gasteiger partial charge in [-0.1, -0.05) is 36.4 Å². The van der Waals surface area contributed by atoms with Gasteiger partial charge in [0.15, 0.2) is 11.5 Å². The molecule has 5 rings (SSSR count). The smallest absolute Gasteiger partial charge is 0.154 e. The van der Waals surface area contributed by atoms with E-state index in [9.17, 15) is 0 Å². The van der Waals surface area contributed by atoms with Crippen molar-refractivity contribution in [2.75, 3.05) is 0 Å². The van der Waals surface area contributed by atoms with Crippen LogP contribution in [0.2, 0.25) is 0 Å². The van der Waals surface area contributed by atoms with Gasteiger partial charge in [0.2, 0.25) is 0 Å². The molecule has 3 heterocycles. The van der Waals surface area contributed by atoms with E-state index in [1.807, 2.05) is 48.5 Å². The first-order valence-electron chi connectivity index (χ1n) is 8.33. The van der Waals surface area contributed by atoms with Gasteiger partial charge in [-0.15, -0.1) is 0 Å². The minimum Gasteiger partial charge on any atom is -0.463 e. The molecule has 4 nitrogen and oxygen atoms in total. The number of hydrogen-bond acceptors (Lipinski definition) is 4. The molecule has 0 bridgehead atoms. The summed E-state index contributed by atoms with van der Waals surface area (Å²) in [7, 11) is 0. The molecule has 3 aromatic heterocycles. The molecule has 5 aromatic rings. The van der Waals surface area contributed by atoms with Crippen molar-refractivity contribution in [1.82, 2.24) is 9.97 Å². The summed E-state index contributed by atoms with van der Waals surface area (Å²) in [6.45, 7) is 0. The zero-order valence-electron chi connectivity index (χ0n) is 13.8. The van der Waals surface area contributed by atoms with Crippen molar-refractivity contribution in [3.63, 3.8) is 0 Å². The van der Waals surface area contributed by atoms with Crippen molar-refractivity contribution in [1.29, 1.82) is 0 Å². The number of benzene rings is 2. The summed E-state index contributed by atoms with van der Waals surface area (Å²) in [6, 6.07) is 23.8. The van der Waals surface area contributed by atoms with Crippen LogP contribution < -0.4 is 0 Å². The van der Waals surface area contributed by atoms with Crippen LogP contribution in [0.15, 0.2) is 94.2 Å². The van der Waals surface area contributed by atoms with Gasteiger partial charge >= 0.3 is 0 Å². The standard InChI is InChI=1S/C22H14N2O2/c1-2-6-15(7-3-1)16-10-11-17-18(14-16)24-22(20-9-5-13-26-20)21(23-17)19-8-4-12-25-19/h1-14H. The monoisotopic (exact) mass is 338 g/mol. The summed E-state index contributed by atoms with van der Waals surface area (Å²) in [4.78, 5) is 9.64. The summed E-state index contributed by atoms with van der Waals surface area (Å²) in [5.41, 5.74) is 5.21. The highest BCUT2D eigenvalue weighted by Gasteiger charge is 2.17. The number of nitrogens with zero attached hydrogens (tertiary/aromatic N) is 2. The first-order valence-corrected chi connectivity index (χ1v) is 8.33. The molecule has 124 valence electrons. The number of fused-ring (bicyclic) bond motifs is 1. The van der Waals surface area contributed by atoms with E-state index < -0.39 is 0 Å². The van der Waals surface area contributed by atoms with Crippen LogP contribution in [0, 0.1) is 0 Å². The lowest BCUT2D eigenvalue weighted by Gasteiger charge is -2.08. The SMILES string of the molecule is c1ccc(-c2ccc3nc(-c4ccco4)c(-c4ccco4)nc3c2)cc1. The van der Waals surface area contributed by atoms with Crippen LogP contribution in [-0.2, 0) is 0 Å². The molecule has 0 radical (unpaired) electrons. The molecule has 26 heavy (non-hydrogen) atoms. The second kappa shape index (κ2) is 6.01. The van der Waals surface area contributed by atoms with Gasteiger partial charge in [-0.25, -0.2) is 9.97 Å². The lowest BCUT2D eigenvalue weighted by Crippen LogP contribution is -1.94. The van der Waals surface area contributed by atoms with E-state index in [2.05, 4.69) is 24.3 Å². The predicted octanol–water partition coefficient (Wildman–Crippen LogP) is 5.82. The van der Waals surface area contributed by atoms with E-state index in [4.69, 9.17) is 18.8 Å². The Hall–Kier alpha value is -3.66. The minimum atomic E-state index is 0.663. The lowest BCUT2D eigenvalue weighted by atomic mass is 10.0. The summed E-state index contributed by atoms with van der Waals surface area (Å²) >= 11 is 0. The molecule has 2 aromatic carbocycles. The number of furan rings is 2. The molecule has 0 fully saturated rings. The Bertz CT molecular complexity index is 1160. The van der Waals surface area contributed by atoms with Crippen molar-refractivity contribution >= 4 is 11.0 Å². The largest absolute Gasteiger partial charge is 0.463 e. The van der Waals surface area contributed by atoms with Crippen LogP contribution in [-0.4, -0.2) is 9.97 Å². The molecule has 0 aliphatic rings. The zero-order valence-corrected chi connectivity index (χ0v) is 13.8. The van der Waals surface area contributed by atoms with Crippen molar-refractivity contribution < 1.29 is 8.83 Å². The maximum absolute atomic E-state index is 5.58. The predicted molar refractivity (Wildman–Crippen MR) is 100 cm³/mol. The highest BCUT2D eigenvalue weighted by atomic mass is 16.3. The van der Waals surface area contributed by atoms with Crippen molar-refractivity contribution in [3.05, 3.63) is 85.3 Å². The fraction of sp³-hybridized carbons (Fsp3) is 0. The van der Waals surface area contributed by atoms with Crippen LogP contribution in [0.5, 0.6) is 0 Å². The lowest BCUT2D eigenvalue weighted by molar-refractivity contribution is 0.572. The molecular formula is C22H14N2O2. The summed E-state index contributed by atoms with van der Waals surface area (Å²) in [5, 5.41) is 0. The molecule has 0 aliphatic carbocycles. The van der Waals surface area contributed by atoms with E-state index in [-0.39, 0.29) is 0 Å². The third kappa shape index (κ3) is 2.48. The van der Waals surface area contributed by atoms with Crippen molar-refractivity contribution in [3.8, 4) is 34.0 Å². The third-order valence-electron chi connectivity index (χ3n) is 4.28. The average molecular weight is 338 g/mol. The number of rotatable bonds is 3. The van der Waals surface area contributed by atoms with E-state index in [0.29, 0.717) is 22.9 Å². The Kier molecular flexibility index (Phi) is 3.39. The highest BCUT2D eigenvalue weighted by molar-refractivity contribution is 5.86. The van der Waals surface area contributed by atoms with Crippen LogP contribution >= 0.6 is 0 Å². The van der Waals surface area contributed by atoms with Crippen LogP contribution in [0.3, 0.4) is 0 Å². The molecule has 0 atom stereocenters. The summed E-state index contributed by atoms with van der Waals surface area (Å²) in [6.07, 6.45) is 3.26. The molecule has 0 unspecified atom stereocenters. The normalized spacial score (nSPS) is 11.1. The number of hydrogen-bond donors (Lipinski definition) is 0. The molecule has 0 saturated heterocycles. The van der Waals surface area contributed by atoms with E-state index >= 15 is 0 Å². The Morgan fingerprint density at radius 1 is 0.538 bits per heavy atom. The topological polar surface area (TPSA) is 52.1 Å². The number of aromatic nitrogens is 2. The highest BCUT2D eigenvalue weighted by Crippen LogP contribution is 2.32. The van der Waals surface area contributed by atoms with Gasteiger partial charge in [0.25, 0.3) is 0 Å². The Balaban J connectivity index is 1.75. The Labute approximate surface area is 149 Å². The van der Waals surface area contributed by atoms with Gasteiger partial charge in [0.1, 0.15) is 11.4 Å². The van der Waals surface area contributed by atoms with Crippen LogP contribution in [0.4, 0.5) is 0 Å². The maximum Gasteiger partial charge on any atom is 0.154 e. The first-order chi connectivity index (χ1) is 12.9. The molecule has 0 aliphatic heterocycles. The fourth-order valence-corrected chi connectivity index (χ4v) is 3.03. The molecule has 0 amide bonds. The summed E-state index contributed by atoms with van der Waals surface area (Å²) < 4.78 is 11.1. The second-order valence-electron chi connectivity index (χ2n) is 5.94. The molecule has 0 saturated carbocycles. The second-order valence-corrected chi connectivity index (χ2v) is 5.94. The molecule has 0 spiro atoms. The summed E-state index contributed by atoms with van der Waals surface area (Å²) in [5.74, 6) is 1.33. The van der Waals surface area contributed by atoms with Crippen molar-refractivity contribution in [2.45, 2.75) is 0 Å². The van der Waals surface area contributed by atoms with Gasteiger partial charge < -0.3 is 8.83 Å². The van der Waals surface area contributed by atoms with E-state index in [1.165, 1.54) is 0 Å². The third-order valence-corrected chi connectivity index (χ3v) is 4.28.